The Morgan fingerprint density at radius 2 is 1.97 bits per heavy atom. The molecule has 0 bridgehead atoms. The van der Waals surface area contributed by atoms with Crippen molar-refractivity contribution in [1.82, 2.24) is 19.7 Å². The second-order valence-corrected chi connectivity index (χ2v) is 9.16. The first-order valence-electron chi connectivity index (χ1n) is 9.52. The Kier molecular flexibility index (Phi) is 5.79. The minimum Gasteiger partial charge on any atom is -0.339 e. The van der Waals surface area contributed by atoms with Gasteiger partial charge in [0.2, 0.25) is 0 Å². The third-order valence-corrected chi connectivity index (χ3v) is 6.57. The molecule has 3 aromatic heterocycles. The van der Waals surface area contributed by atoms with Gasteiger partial charge >= 0.3 is 0 Å². The molecule has 0 radical (unpaired) electrons. The number of benzene rings is 1. The van der Waals surface area contributed by atoms with E-state index in [1.165, 1.54) is 4.90 Å². The molecule has 0 aliphatic heterocycles. The molecule has 0 atom stereocenters. The van der Waals surface area contributed by atoms with Crippen molar-refractivity contribution < 1.29 is 9.59 Å². The van der Waals surface area contributed by atoms with E-state index in [1.54, 1.807) is 42.2 Å². The van der Waals surface area contributed by atoms with E-state index in [0.717, 1.165) is 38.3 Å². The summed E-state index contributed by atoms with van der Waals surface area (Å²) in [6, 6.07) is 13.0. The standard InChI is InChI=1S/C22H21N5O2S2/c1-13-19-16(12-17(18-9-6-10-30-18)24-20(19)27(4)25-13)21(28)23-14-7-5-8-15(11-14)31-22(29)26(2)3/h5-12H,1-4H3,(H,23,28). The van der Waals surface area contributed by atoms with Gasteiger partial charge in [-0.1, -0.05) is 12.1 Å². The summed E-state index contributed by atoms with van der Waals surface area (Å²) in [6.07, 6.45) is 0. The number of nitrogens with one attached hydrogen (secondary N) is 1. The normalized spacial score (nSPS) is 11.0. The highest BCUT2D eigenvalue weighted by atomic mass is 32.2. The number of anilines is 1. The molecule has 1 aromatic carbocycles. The van der Waals surface area contributed by atoms with Gasteiger partial charge in [0.25, 0.3) is 11.1 Å². The zero-order chi connectivity index (χ0) is 22.1. The number of thiophene rings is 1. The quantitative estimate of drug-likeness (QED) is 0.440. The lowest BCUT2D eigenvalue weighted by Gasteiger charge is -2.11. The second kappa shape index (κ2) is 8.52. The summed E-state index contributed by atoms with van der Waals surface area (Å²) in [4.78, 5) is 33.3. The number of aromatic nitrogens is 3. The molecule has 2 amide bonds. The molecule has 4 rings (SSSR count). The third-order valence-electron chi connectivity index (χ3n) is 4.65. The first-order valence-corrected chi connectivity index (χ1v) is 11.2. The molecule has 0 saturated carbocycles. The van der Waals surface area contributed by atoms with E-state index < -0.39 is 0 Å². The maximum absolute atomic E-state index is 13.3. The van der Waals surface area contributed by atoms with Crippen molar-refractivity contribution in [1.29, 1.82) is 0 Å². The van der Waals surface area contributed by atoms with Crippen molar-refractivity contribution in [2.45, 2.75) is 11.8 Å². The van der Waals surface area contributed by atoms with Crippen molar-refractivity contribution >= 4 is 51.0 Å². The molecular weight excluding hydrogens is 430 g/mol. The van der Waals surface area contributed by atoms with Gasteiger partial charge in [-0.2, -0.15) is 5.10 Å². The molecule has 9 heteroatoms. The maximum Gasteiger partial charge on any atom is 0.285 e. The van der Waals surface area contributed by atoms with Gasteiger partial charge in [0.05, 0.1) is 27.2 Å². The highest BCUT2D eigenvalue weighted by Crippen LogP contribution is 2.30. The lowest BCUT2D eigenvalue weighted by molar-refractivity contribution is 0.102. The summed E-state index contributed by atoms with van der Waals surface area (Å²) in [5.41, 5.74) is 3.27. The van der Waals surface area contributed by atoms with Crippen LogP contribution in [0, 0.1) is 6.92 Å². The monoisotopic (exact) mass is 451 g/mol. The predicted octanol–water partition coefficient (Wildman–Crippen LogP) is 5.03. The molecule has 0 fully saturated rings. The fourth-order valence-corrected chi connectivity index (χ4v) is 4.61. The number of hydrogen-bond donors (Lipinski definition) is 1. The third kappa shape index (κ3) is 4.33. The van der Waals surface area contributed by atoms with Crippen molar-refractivity contribution in [3.8, 4) is 10.6 Å². The van der Waals surface area contributed by atoms with Crippen molar-refractivity contribution in [3.05, 3.63) is 59.1 Å². The van der Waals surface area contributed by atoms with Gasteiger partial charge in [-0.15, -0.1) is 11.3 Å². The average Bonchev–Trinajstić information content (AvgIpc) is 3.36. The molecule has 0 unspecified atom stereocenters. The van der Waals surface area contributed by atoms with E-state index in [0.29, 0.717) is 16.9 Å². The van der Waals surface area contributed by atoms with Crippen LogP contribution in [0.4, 0.5) is 10.5 Å². The Balaban J connectivity index is 1.70. The largest absolute Gasteiger partial charge is 0.339 e. The first kappa shape index (κ1) is 21.1. The Labute approximate surface area is 188 Å². The lowest BCUT2D eigenvalue weighted by Crippen LogP contribution is -2.16. The van der Waals surface area contributed by atoms with Crippen molar-refractivity contribution in [3.63, 3.8) is 0 Å². The summed E-state index contributed by atoms with van der Waals surface area (Å²) in [5, 5.41) is 10.1. The zero-order valence-electron chi connectivity index (χ0n) is 17.5. The van der Waals surface area contributed by atoms with Gasteiger partial charge in [-0.05, 0) is 54.4 Å². The minimum absolute atomic E-state index is 0.0779. The van der Waals surface area contributed by atoms with Crippen LogP contribution < -0.4 is 5.32 Å². The summed E-state index contributed by atoms with van der Waals surface area (Å²) in [5.74, 6) is -0.248. The number of carbonyl (C=O) groups excluding carboxylic acids is 2. The summed E-state index contributed by atoms with van der Waals surface area (Å²) >= 11 is 2.68. The van der Waals surface area contributed by atoms with Crippen LogP contribution in [0.15, 0.2) is 52.7 Å². The topological polar surface area (TPSA) is 80.1 Å². The van der Waals surface area contributed by atoms with Crippen molar-refractivity contribution in [2.75, 3.05) is 19.4 Å². The molecule has 0 aliphatic carbocycles. The first-order chi connectivity index (χ1) is 14.8. The van der Waals surface area contributed by atoms with Crippen LogP contribution >= 0.6 is 23.1 Å². The zero-order valence-corrected chi connectivity index (χ0v) is 19.2. The van der Waals surface area contributed by atoms with Gasteiger partial charge in [-0.25, -0.2) is 4.98 Å². The number of aryl methyl sites for hydroxylation is 2. The molecular formula is C22H21N5O2S2. The van der Waals surface area contributed by atoms with Gasteiger partial charge in [0.1, 0.15) is 0 Å². The molecule has 7 nitrogen and oxygen atoms in total. The van der Waals surface area contributed by atoms with Crippen LogP contribution in [-0.2, 0) is 7.05 Å². The van der Waals surface area contributed by atoms with E-state index in [4.69, 9.17) is 4.98 Å². The Hall–Kier alpha value is -3.17. The van der Waals surface area contributed by atoms with E-state index in [-0.39, 0.29) is 11.1 Å². The highest BCUT2D eigenvalue weighted by Gasteiger charge is 2.20. The summed E-state index contributed by atoms with van der Waals surface area (Å²) in [6.45, 7) is 1.87. The number of hydrogen-bond acceptors (Lipinski definition) is 6. The van der Waals surface area contributed by atoms with Crippen LogP contribution in [0.5, 0.6) is 0 Å². The van der Waals surface area contributed by atoms with E-state index in [2.05, 4.69) is 10.4 Å². The van der Waals surface area contributed by atoms with Gasteiger partial charge in [-0.3, -0.25) is 14.3 Å². The number of amides is 2. The van der Waals surface area contributed by atoms with Crippen LogP contribution in [0.1, 0.15) is 16.1 Å². The Morgan fingerprint density at radius 3 is 2.68 bits per heavy atom. The number of carbonyl (C=O) groups is 2. The minimum atomic E-state index is -0.248. The van der Waals surface area contributed by atoms with E-state index in [9.17, 15) is 9.59 Å². The summed E-state index contributed by atoms with van der Waals surface area (Å²) in [7, 11) is 5.23. The van der Waals surface area contributed by atoms with Crippen molar-refractivity contribution in [2.24, 2.45) is 7.05 Å². The molecule has 0 saturated heterocycles. The van der Waals surface area contributed by atoms with Crippen LogP contribution in [0.3, 0.4) is 0 Å². The number of nitrogens with zero attached hydrogens (tertiary/aromatic N) is 4. The fourth-order valence-electron chi connectivity index (χ4n) is 3.20. The molecule has 3 heterocycles. The average molecular weight is 452 g/mol. The predicted molar refractivity (Wildman–Crippen MR) is 126 cm³/mol. The molecule has 0 spiro atoms. The SMILES string of the molecule is Cc1nn(C)c2nc(-c3cccs3)cc(C(=O)Nc3cccc(SC(=O)N(C)C)c3)c12. The molecule has 158 valence electrons. The van der Waals surface area contributed by atoms with Crippen LogP contribution in [0.25, 0.3) is 21.6 Å². The number of thioether (sulfide) groups is 1. The van der Waals surface area contributed by atoms with E-state index >= 15 is 0 Å². The Morgan fingerprint density at radius 1 is 1.16 bits per heavy atom. The molecule has 31 heavy (non-hydrogen) atoms. The fraction of sp³-hybridized carbons (Fsp3) is 0.182. The molecule has 4 aromatic rings. The Bertz CT molecular complexity index is 1280. The molecule has 1 N–H and O–H groups in total. The summed E-state index contributed by atoms with van der Waals surface area (Å²) < 4.78 is 1.70. The highest BCUT2D eigenvalue weighted by molar-refractivity contribution is 8.13. The number of fused-ring (bicyclic) bond motifs is 1. The van der Waals surface area contributed by atoms with Gasteiger partial charge < -0.3 is 10.2 Å². The lowest BCUT2D eigenvalue weighted by atomic mass is 10.1. The van der Waals surface area contributed by atoms with Gasteiger partial charge in [0, 0.05) is 31.7 Å². The van der Waals surface area contributed by atoms with E-state index in [1.807, 2.05) is 49.7 Å². The maximum atomic E-state index is 13.3. The number of pyridine rings is 1. The molecule has 0 aliphatic rings. The van der Waals surface area contributed by atoms with Crippen LogP contribution in [-0.4, -0.2) is 44.9 Å². The van der Waals surface area contributed by atoms with Gasteiger partial charge in [0.15, 0.2) is 5.65 Å². The second-order valence-electron chi connectivity index (χ2n) is 7.18. The number of rotatable bonds is 4. The van der Waals surface area contributed by atoms with Crippen LogP contribution in [0.2, 0.25) is 0 Å². The smallest absolute Gasteiger partial charge is 0.285 e.